The van der Waals surface area contributed by atoms with E-state index < -0.39 is 35.6 Å². The van der Waals surface area contributed by atoms with E-state index in [0.717, 1.165) is 0 Å². The summed E-state index contributed by atoms with van der Waals surface area (Å²) >= 11 is 6.51. The van der Waals surface area contributed by atoms with Crippen molar-refractivity contribution in [2.24, 2.45) is 11.8 Å². The molecule has 3 N–H and O–H groups in total. The highest BCUT2D eigenvalue weighted by Gasteiger charge is 2.31. The van der Waals surface area contributed by atoms with Gasteiger partial charge in [-0.1, -0.05) is 27.7 Å². The zero-order valence-corrected chi connectivity index (χ0v) is 23.8. The SMILES string of the molecule is CC(C)C(=O)CC(NC(=O)C(Cc1cc(Br)c(O)c(Br)c1)NC(=O)OC(C)(C)C)C(=O)C(C)C. The van der Waals surface area contributed by atoms with Crippen molar-refractivity contribution in [1.82, 2.24) is 10.6 Å². The Balaban J connectivity index is 3.23. The number of carbonyl (C=O) groups is 4. The lowest BCUT2D eigenvalue weighted by molar-refractivity contribution is -0.133. The van der Waals surface area contributed by atoms with Gasteiger partial charge in [-0.25, -0.2) is 4.79 Å². The van der Waals surface area contributed by atoms with Gasteiger partial charge >= 0.3 is 6.09 Å². The average Bonchev–Trinajstić information content (AvgIpc) is 2.68. The first kappa shape index (κ1) is 30.1. The largest absolute Gasteiger partial charge is 0.506 e. The number of ketones is 2. The van der Waals surface area contributed by atoms with E-state index in [2.05, 4.69) is 42.5 Å². The van der Waals surface area contributed by atoms with Crippen molar-refractivity contribution in [2.75, 3.05) is 0 Å². The molecule has 2 unspecified atom stereocenters. The molecule has 1 aromatic carbocycles. The van der Waals surface area contributed by atoms with Gasteiger partial charge in [0.25, 0.3) is 0 Å². The van der Waals surface area contributed by atoms with E-state index in [1.54, 1.807) is 60.6 Å². The summed E-state index contributed by atoms with van der Waals surface area (Å²) in [7, 11) is 0. The van der Waals surface area contributed by atoms with E-state index in [0.29, 0.717) is 14.5 Å². The first-order valence-electron chi connectivity index (χ1n) is 11.0. The van der Waals surface area contributed by atoms with Crippen molar-refractivity contribution in [3.63, 3.8) is 0 Å². The van der Waals surface area contributed by atoms with Crippen molar-refractivity contribution in [2.45, 2.75) is 79.0 Å². The number of halogens is 2. The van der Waals surface area contributed by atoms with Crippen molar-refractivity contribution in [3.8, 4) is 5.75 Å². The number of benzene rings is 1. The Morgan fingerprint density at radius 3 is 1.91 bits per heavy atom. The zero-order chi connectivity index (χ0) is 26.4. The maximum absolute atomic E-state index is 13.3. The van der Waals surface area contributed by atoms with Crippen LogP contribution in [0.1, 0.15) is 60.5 Å². The number of carbonyl (C=O) groups excluding carboxylic acids is 4. The second-order valence-electron chi connectivity index (χ2n) is 9.75. The molecule has 0 bridgehead atoms. The summed E-state index contributed by atoms with van der Waals surface area (Å²) in [6.45, 7) is 12.0. The molecule has 2 atom stereocenters. The van der Waals surface area contributed by atoms with Crippen LogP contribution in [0.3, 0.4) is 0 Å². The first-order valence-corrected chi connectivity index (χ1v) is 12.6. The van der Waals surface area contributed by atoms with Gasteiger partial charge in [-0.3, -0.25) is 14.4 Å². The van der Waals surface area contributed by atoms with E-state index in [4.69, 9.17) is 4.74 Å². The van der Waals surface area contributed by atoms with Crippen molar-refractivity contribution in [3.05, 3.63) is 26.6 Å². The van der Waals surface area contributed by atoms with Crippen LogP contribution in [0.2, 0.25) is 0 Å². The highest BCUT2D eigenvalue weighted by molar-refractivity contribution is 9.11. The summed E-state index contributed by atoms with van der Waals surface area (Å²) in [6, 6.07) is 1.13. The highest BCUT2D eigenvalue weighted by Crippen LogP contribution is 2.33. The van der Waals surface area contributed by atoms with Crippen molar-refractivity contribution < 1.29 is 29.0 Å². The molecular formula is C24H34Br2N2O6. The molecule has 1 aromatic rings. The Bertz CT molecular complexity index is 902. The molecule has 0 aliphatic rings. The Labute approximate surface area is 217 Å². The number of phenols is 1. The lowest BCUT2D eigenvalue weighted by Gasteiger charge is -2.26. The molecule has 0 saturated heterocycles. The fourth-order valence-corrected chi connectivity index (χ4v) is 4.25. The van der Waals surface area contributed by atoms with Crippen LogP contribution in [-0.2, 0) is 25.5 Å². The normalized spacial score (nSPS) is 13.4. The number of phenolic OH excluding ortho intramolecular Hbond substituents is 1. The minimum atomic E-state index is -1.10. The number of hydrogen-bond donors (Lipinski definition) is 3. The summed E-state index contributed by atoms with van der Waals surface area (Å²) in [5.41, 5.74) is -0.159. The van der Waals surface area contributed by atoms with Gasteiger partial charge in [-0.15, -0.1) is 0 Å². The average molecular weight is 606 g/mol. The predicted octanol–water partition coefficient (Wildman–Crippen LogP) is 4.68. The third-order valence-corrected chi connectivity index (χ3v) is 6.01. The molecule has 0 radical (unpaired) electrons. The standard InChI is InChI=1S/C24H34Br2N2O6/c1-12(2)19(29)11-17(20(30)13(3)4)27-22(32)18(28-23(33)34-24(5,6)7)10-14-8-15(25)21(31)16(26)9-14/h8-9,12-13,17-18,31H,10-11H2,1-7H3,(H,27,32)(H,28,33). The van der Waals surface area contributed by atoms with Crippen LogP contribution in [-0.4, -0.2) is 46.4 Å². The quantitative estimate of drug-likeness (QED) is 0.356. The number of Topliss-reactive ketones (excluding diaryl/α,β-unsaturated/α-hetero) is 2. The van der Waals surface area contributed by atoms with Crippen LogP contribution < -0.4 is 10.6 Å². The van der Waals surface area contributed by atoms with Gasteiger partial charge in [-0.05, 0) is 70.3 Å². The Morgan fingerprint density at radius 2 is 1.47 bits per heavy atom. The predicted molar refractivity (Wildman–Crippen MR) is 137 cm³/mol. The molecule has 8 nitrogen and oxygen atoms in total. The summed E-state index contributed by atoms with van der Waals surface area (Å²) in [6.07, 6.45) is -0.881. The van der Waals surface area contributed by atoms with E-state index in [1.807, 2.05) is 0 Å². The number of nitrogens with one attached hydrogen (secondary N) is 2. The van der Waals surface area contributed by atoms with Crippen LogP contribution in [0.15, 0.2) is 21.1 Å². The summed E-state index contributed by atoms with van der Waals surface area (Å²) < 4.78 is 6.11. The minimum absolute atomic E-state index is 0.000329. The molecule has 0 saturated carbocycles. The molecule has 0 aliphatic heterocycles. The molecule has 0 aromatic heterocycles. The number of amides is 2. The highest BCUT2D eigenvalue weighted by atomic mass is 79.9. The van der Waals surface area contributed by atoms with E-state index in [1.165, 1.54) is 0 Å². The van der Waals surface area contributed by atoms with Gasteiger partial charge in [-0.2, -0.15) is 0 Å². The van der Waals surface area contributed by atoms with Crippen molar-refractivity contribution in [1.29, 1.82) is 0 Å². The number of alkyl carbamates (subject to hydrolysis) is 1. The van der Waals surface area contributed by atoms with Crippen LogP contribution in [0.25, 0.3) is 0 Å². The fourth-order valence-electron chi connectivity index (χ4n) is 2.96. The van der Waals surface area contributed by atoms with E-state index in [9.17, 15) is 24.3 Å². The zero-order valence-electron chi connectivity index (χ0n) is 20.6. The first-order chi connectivity index (χ1) is 15.5. The Hall–Kier alpha value is -1.94. The lowest BCUT2D eigenvalue weighted by Crippen LogP contribution is -2.54. The molecule has 1 rings (SSSR count). The van der Waals surface area contributed by atoms with Gasteiger partial charge in [0.2, 0.25) is 5.91 Å². The minimum Gasteiger partial charge on any atom is -0.506 e. The summed E-state index contributed by atoms with van der Waals surface area (Å²) in [5, 5.41) is 15.2. The molecule has 0 aliphatic carbocycles. The molecule has 34 heavy (non-hydrogen) atoms. The Morgan fingerprint density at radius 1 is 0.941 bits per heavy atom. The van der Waals surface area contributed by atoms with E-state index in [-0.39, 0.29) is 36.1 Å². The van der Waals surface area contributed by atoms with Crippen LogP contribution in [0.4, 0.5) is 4.79 Å². The number of rotatable bonds is 10. The van der Waals surface area contributed by atoms with E-state index >= 15 is 0 Å². The third-order valence-electron chi connectivity index (χ3n) is 4.80. The second-order valence-corrected chi connectivity index (χ2v) is 11.5. The molecular weight excluding hydrogens is 572 g/mol. The number of ether oxygens (including phenoxy) is 1. The van der Waals surface area contributed by atoms with Gasteiger partial charge < -0.3 is 20.5 Å². The number of hydrogen-bond acceptors (Lipinski definition) is 6. The van der Waals surface area contributed by atoms with Gasteiger partial charge in [0, 0.05) is 24.7 Å². The second kappa shape index (κ2) is 12.7. The third kappa shape index (κ3) is 9.74. The molecule has 0 fully saturated rings. The molecule has 10 heteroatoms. The topological polar surface area (TPSA) is 122 Å². The maximum atomic E-state index is 13.3. The van der Waals surface area contributed by atoms with Crippen LogP contribution in [0, 0.1) is 11.8 Å². The van der Waals surface area contributed by atoms with Gasteiger partial charge in [0.05, 0.1) is 15.0 Å². The summed E-state index contributed by atoms with van der Waals surface area (Å²) in [5.74, 6) is -1.73. The lowest BCUT2D eigenvalue weighted by atomic mass is 9.93. The smallest absolute Gasteiger partial charge is 0.408 e. The maximum Gasteiger partial charge on any atom is 0.408 e. The molecule has 2 amide bonds. The molecule has 0 spiro atoms. The molecule has 190 valence electrons. The van der Waals surface area contributed by atoms with Crippen LogP contribution in [0.5, 0.6) is 5.75 Å². The monoisotopic (exact) mass is 604 g/mol. The van der Waals surface area contributed by atoms with Gasteiger partial charge in [0.15, 0.2) is 5.78 Å². The van der Waals surface area contributed by atoms with Crippen molar-refractivity contribution >= 4 is 55.4 Å². The fraction of sp³-hybridized carbons (Fsp3) is 0.583. The summed E-state index contributed by atoms with van der Waals surface area (Å²) in [4.78, 5) is 50.8. The number of aromatic hydroxyl groups is 1. The Kier molecular flexibility index (Phi) is 11.2. The molecule has 0 heterocycles. The van der Waals surface area contributed by atoms with Gasteiger partial charge in [0.1, 0.15) is 23.2 Å². The van der Waals surface area contributed by atoms with Crippen LogP contribution >= 0.6 is 31.9 Å².